The van der Waals surface area contributed by atoms with Crippen LogP contribution in [0.3, 0.4) is 0 Å². The molecule has 1 aliphatic carbocycles. The van der Waals surface area contributed by atoms with Crippen LogP contribution in [-0.4, -0.2) is 29.2 Å². The number of aryl methyl sites for hydroxylation is 1. The van der Waals surface area contributed by atoms with Gasteiger partial charge in [0.05, 0.1) is 36.8 Å². The Morgan fingerprint density at radius 1 is 0.806 bits per heavy atom. The second-order valence-corrected chi connectivity index (χ2v) is 9.10. The first-order valence-electron chi connectivity index (χ1n) is 11.6. The van der Waals surface area contributed by atoms with Crippen molar-refractivity contribution in [3.63, 3.8) is 0 Å². The lowest BCUT2D eigenvalue weighted by atomic mass is 9.83. The largest absolute Gasteiger partial charge is 0.497 e. The van der Waals surface area contributed by atoms with Crippen molar-refractivity contribution in [2.24, 2.45) is 0 Å². The van der Waals surface area contributed by atoms with Crippen LogP contribution in [0.5, 0.6) is 11.5 Å². The van der Waals surface area contributed by atoms with Crippen molar-refractivity contribution in [3.8, 4) is 45.1 Å². The Labute approximate surface area is 213 Å². The Kier molecular flexibility index (Phi) is 5.46. The maximum absolute atomic E-state index is 6.45. The molecule has 5 aromatic rings. The maximum Gasteiger partial charge on any atom is 0.221 e. The van der Waals surface area contributed by atoms with E-state index in [1.807, 2.05) is 54.6 Å². The summed E-state index contributed by atoms with van der Waals surface area (Å²) in [4.78, 5) is 14.5. The van der Waals surface area contributed by atoms with Gasteiger partial charge in [-0.3, -0.25) is 4.98 Å². The van der Waals surface area contributed by atoms with Crippen LogP contribution >= 0.6 is 11.6 Å². The fourth-order valence-corrected chi connectivity index (χ4v) is 5.21. The summed E-state index contributed by atoms with van der Waals surface area (Å²) in [6.07, 6.45) is 1.46. The van der Waals surface area contributed by atoms with Gasteiger partial charge >= 0.3 is 0 Å². The van der Waals surface area contributed by atoms with Crippen LogP contribution in [0.1, 0.15) is 11.3 Å². The van der Waals surface area contributed by atoms with Gasteiger partial charge in [0, 0.05) is 32.7 Å². The van der Waals surface area contributed by atoms with Crippen LogP contribution in [0.2, 0.25) is 5.02 Å². The van der Waals surface area contributed by atoms with Gasteiger partial charge in [0.1, 0.15) is 11.5 Å². The van der Waals surface area contributed by atoms with Crippen molar-refractivity contribution >= 4 is 28.5 Å². The summed E-state index contributed by atoms with van der Waals surface area (Å²) in [6, 6.07) is 21.7. The molecule has 2 heterocycles. The second kappa shape index (κ2) is 8.81. The molecule has 0 saturated carbocycles. The lowest BCUT2D eigenvalue weighted by Gasteiger charge is -2.25. The van der Waals surface area contributed by atoms with Crippen LogP contribution in [-0.2, 0) is 12.8 Å². The lowest BCUT2D eigenvalue weighted by Crippen LogP contribution is -2.14. The highest BCUT2D eigenvalue weighted by molar-refractivity contribution is 6.31. The van der Waals surface area contributed by atoms with Crippen LogP contribution in [0, 0.1) is 0 Å². The smallest absolute Gasteiger partial charge is 0.221 e. The summed E-state index contributed by atoms with van der Waals surface area (Å²) >= 11 is 6.45. The van der Waals surface area contributed by atoms with Crippen molar-refractivity contribution < 1.29 is 9.47 Å². The van der Waals surface area contributed by atoms with E-state index >= 15 is 0 Å². The van der Waals surface area contributed by atoms with Crippen molar-refractivity contribution in [3.05, 3.63) is 83.0 Å². The summed E-state index contributed by atoms with van der Waals surface area (Å²) < 4.78 is 11.2. The van der Waals surface area contributed by atoms with E-state index in [1.165, 1.54) is 0 Å². The molecule has 7 heteroatoms. The lowest BCUT2D eigenvalue weighted by molar-refractivity contribution is 0.404. The number of anilines is 1. The number of rotatable bonds is 4. The van der Waals surface area contributed by atoms with Crippen molar-refractivity contribution in [1.82, 2.24) is 15.0 Å². The van der Waals surface area contributed by atoms with E-state index in [0.717, 1.165) is 68.6 Å². The first-order chi connectivity index (χ1) is 17.6. The molecule has 2 aromatic heterocycles. The molecule has 3 aromatic carbocycles. The summed E-state index contributed by atoms with van der Waals surface area (Å²) in [5.74, 6) is 1.58. The Morgan fingerprint density at radius 2 is 1.61 bits per heavy atom. The van der Waals surface area contributed by atoms with E-state index in [4.69, 9.17) is 36.8 Å². The first kappa shape index (κ1) is 22.3. The zero-order valence-electron chi connectivity index (χ0n) is 19.9. The Morgan fingerprint density at radius 3 is 2.39 bits per heavy atom. The molecule has 2 N–H and O–H groups in total. The molecule has 0 unspecified atom stereocenters. The number of methoxy groups -OCH3 is 2. The van der Waals surface area contributed by atoms with Crippen molar-refractivity contribution in [1.29, 1.82) is 0 Å². The van der Waals surface area contributed by atoms with Gasteiger partial charge in [0.15, 0.2) is 0 Å². The third-order valence-electron chi connectivity index (χ3n) is 6.62. The number of fused-ring (bicyclic) bond motifs is 4. The highest BCUT2D eigenvalue weighted by Crippen LogP contribution is 2.46. The minimum Gasteiger partial charge on any atom is -0.497 e. The number of halogens is 1. The molecule has 36 heavy (non-hydrogen) atoms. The normalized spacial score (nSPS) is 12.2. The minimum atomic E-state index is 0.187. The number of hydrogen-bond acceptors (Lipinski definition) is 6. The topological polar surface area (TPSA) is 83.2 Å². The van der Waals surface area contributed by atoms with Crippen LogP contribution in [0.4, 0.5) is 5.95 Å². The number of aromatic nitrogens is 3. The summed E-state index contributed by atoms with van der Waals surface area (Å²) in [6.45, 7) is 0. The summed E-state index contributed by atoms with van der Waals surface area (Å²) in [5.41, 5.74) is 14.6. The molecule has 0 spiro atoms. The fraction of sp³-hybridized carbons (Fsp3) is 0.138. The van der Waals surface area contributed by atoms with E-state index in [0.29, 0.717) is 16.5 Å². The Balaban J connectivity index is 1.71. The van der Waals surface area contributed by atoms with E-state index in [9.17, 15) is 0 Å². The number of ether oxygens (including phenoxy) is 2. The van der Waals surface area contributed by atoms with E-state index in [2.05, 4.69) is 17.1 Å². The first-order valence-corrected chi connectivity index (χ1v) is 12.0. The number of nitrogens with zero attached hydrogens (tertiary/aromatic N) is 3. The molecule has 0 saturated heterocycles. The van der Waals surface area contributed by atoms with E-state index in [1.54, 1.807) is 14.2 Å². The summed E-state index contributed by atoms with van der Waals surface area (Å²) in [5, 5.41) is 1.62. The molecular formula is C29H23ClN4O2. The average molecular weight is 495 g/mol. The van der Waals surface area contributed by atoms with Crippen LogP contribution in [0.15, 0.2) is 66.7 Å². The fourth-order valence-electron chi connectivity index (χ4n) is 5.04. The van der Waals surface area contributed by atoms with Gasteiger partial charge in [-0.25, -0.2) is 9.97 Å². The SMILES string of the molecule is COc1ccc(OC)c(-c2nc(N)nc3c2CCc2nc4ccc(Cl)cc4c(-c4ccccc4)c2-3)c1. The summed E-state index contributed by atoms with van der Waals surface area (Å²) in [7, 11) is 3.28. The molecule has 0 radical (unpaired) electrons. The van der Waals surface area contributed by atoms with E-state index < -0.39 is 0 Å². The van der Waals surface area contributed by atoms with Gasteiger partial charge in [-0.15, -0.1) is 0 Å². The van der Waals surface area contributed by atoms with Gasteiger partial charge in [0.25, 0.3) is 0 Å². The number of benzene rings is 3. The quantitative estimate of drug-likeness (QED) is 0.312. The van der Waals surface area contributed by atoms with Gasteiger partial charge < -0.3 is 15.2 Å². The second-order valence-electron chi connectivity index (χ2n) is 8.66. The zero-order chi connectivity index (χ0) is 24.8. The molecular weight excluding hydrogens is 472 g/mol. The third kappa shape index (κ3) is 3.62. The monoisotopic (exact) mass is 494 g/mol. The molecule has 0 aliphatic heterocycles. The third-order valence-corrected chi connectivity index (χ3v) is 6.85. The van der Waals surface area contributed by atoms with Crippen LogP contribution in [0.25, 0.3) is 44.5 Å². The molecule has 6 nitrogen and oxygen atoms in total. The van der Waals surface area contributed by atoms with Crippen molar-refractivity contribution in [2.75, 3.05) is 20.0 Å². The number of pyridine rings is 1. The predicted octanol–water partition coefficient (Wildman–Crippen LogP) is 6.38. The highest BCUT2D eigenvalue weighted by Gasteiger charge is 2.29. The molecule has 0 fully saturated rings. The molecule has 0 atom stereocenters. The molecule has 1 aliphatic rings. The predicted molar refractivity (Wildman–Crippen MR) is 144 cm³/mol. The van der Waals surface area contributed by atoms with Gasteiger partial charge in [-0.1, -0.05) is 41.9 Å². The van der Waals surface area contributed by atoms with Gasteiger partial charge in [0.2, 0.25) is 5.95 Å². The Hall–Kier alpha value is -4.16. The molecule has 0 amide bonds. The van der Waals surface area contributed by atoms with E-state index in [-0.39, 0.29) is 5.95 Å². The molecule has 178 valence electrons. The van der Waals surface area contributed by atoms with Crippen LogP contribution < -0.4 is 15.2 Å². The van der Waals surface area contributed by atoms with Gasteiger partial charge in [-0.2, -0.15) is 0 Å². The van der Waals surface area contributed by atoms with Crippen molar-refractivity contribution in [2.45, 2.75) is 12.8 Å². The minimum absolute atomic E-state index is 0.187. The standard InChI is InChI=1S/C29H23ClN4O2/c1-35-18-9-13-24(36-2)21(15-18)27-19-10-12-23-26(28(19)34-29(31)33-27)25(16-6-4-3-5-7-16)20-14-17(30)8-11-22(20)32-23/h3-9,11,13-15H,10,12H2,1-2H3,(H2,31,33,34). The molecule has 0 bridgehead atoms. The highest BCUT2D eigenvalue weighted by atomic mass is 35.5. The number of nitrogen functional groups attached to an aromatic ring is 1. The van der Waals surface area contributed by atoms with Gasteiger partial charge in [-0.05, 0) is 54.8 Å². The molecule has 6 rings (SSSR count). The number of nitrogens with two attached hydrogens (primary N) is 1. The average Bonchev–Trinajstić information content (AvgIpc) is 2.91. The maximum atomic E-state index is 6.45. The Bertz CT molecular complexity index is 1640. The zero-order valence-corrected chi connectivity index (χ0v) is 20.6. The number of hydrogen-bond donors (Lipinski definition) is 1.